The highest BCUT2D eigenvalue weighted by molar-refractivity contribution is 5.94. The van der Waals surface area contributed by atoms with Crippen molar-refractivity contribution >= 4 is 11.5 Å². The molecule has 2 N–H and O–H groups in total. The lowest BCUT2D eigenvalue weighted by molar-refractivity contribution is -0.115. The lowest BCUT2D eigenvalue weighted by atomic mass is 9.72. The molecule has 0 saturated carbocycles. The average Bonchev–Trinajstić information content (AvgIpc) is 3.24. The van der Waals surface area contributed by atoms with Crippen molar-refractivity contribution < 1.29 is 9.53 Å². The van der Waals surface area contributed by atoms with Gasteiger partial charge in [0, 0.05) is 17.0 Å². The molecule has 1 aliphatic rings. The molecule has 4 aromatic rings. The standard InChI is InChI=1S/C33H29NO2/c1-24-31(32(34)35)30(23-22-29(25-14-6-2-7-15-25)26-16-8-3-9-17-26)33(36-24,27-18-10-4-11-19-27)28-20-12-5-13-21-28/h2-22,30H,23H2,1H3,(H2,34,35). The van der Waals surface area contributed by atoms with Crippen LogP contribution in [0.5, 0.6) is 0 Å². The molecule has 0 radical (unpaired) electrons. The first-order chi connectivity index (χ1) is 17.6. The van der Waals surface area contributed by atoms with E-state index in [0.29, 0.717) is 17.8 Å². The molecular formula is C33H29NO2. The maximum atomic E-state index is 12.8. The van der Waals surface area contributed by atoms with Crippen LogP contribution in [0, 0.1) is 5.92 Å². The number of hydrogen-bond acceptors (Lipinski definition) is 2. The lowest BCUT2D eigenvalue weighted by Crippen LogP contribution is -2.37. The van der Waals surface area contributed by atoms with Crippen LogP contribution in [-0.4, -0.2) is 5.91 Å². The summed E-state index contributed by atoms with van der Waals surface area (Å²) in [5.74, 6) is -0.169. The Morgan fingerprint density at radius 1 is 0.750 bits per heavy atom. The summed E-state index contributed by atoms with van der Waals surface area (Å²) in [6.45, 7) is 1.85. The molecule has 5 rings (SSSR count). The highest BCUT2D eigenvalue weighted by Gasteiger charge is 2.52. The van der Waals surface area contributed by atoms with E-state index >= 15 is 0 Å². The van der Waals surface area contributed by atoms with E-state index in [-0.39, 0.29) is 5.92 Å². The zero-order chi connectivity index (χ0) is 25.0. The predicted molar refractivity (Wildman–Crippen MR) is 145 cm³/mol. The summed E-state index contributed by atoms with van der Waals surface area (Å²) in [5.41, 5.74) is 11.0. The van der Waals surface area contributed by atoms with E-state index in [1.807, 2.05) is 79.7 Å². The van der Waals surface area contributed by atoms with Crippen molar-refractivity contribution in [1.29, 1.82) is 0 Å². The first-order valence-corrected chi connectivity index (χ1v) is 12.2. The Kier molecular flexibility index (Phi) is 6.55. The van der Waals surface area contributed by atoms with E-state index in [1.54, 1.807) is 0 Å². The quantitative estimate of drug-likeness (QED) is 0.320. The fourth-order valence-electron chi connectivity index (χ4n) is 5.38. The van der Waals surface area contributed by atoms with Gasteiger partial charge in [0.05, 0.1) is 5.57 Å². The molecule has 3 heteroatoms. The molecule has 4 aromatic carbocycles. The molecule has 0 spiro atoms. The number of nitrogens with two attached hydrogens (primary N) is 1. The molecule has 0 aromatic heterocycles. The van der Waals surface area contributed by atoms with E-state index in [2.05, 4.69) is 54.6 Å². The van der Waals surface area contributed by atoms with Gasteiger partial charge in [-0.3, -0.25) is 4.79 Å². The normalized spacial score (nSPS) is 16.3. The molecule has 0 fully saturated rings. The Balaban J connectivity index is 1.70. The van der Waals surface area contributed by atoms with Gasteiger partial charge >= 0.3 is 0 Å². The highest BCUT2D eigenvalue weighted by Crippen LogP contribution is 2.52. The van der Waals surface area contributed by atoms with E-state index in [9.17, 15) is 4.79 Å². The monoisotopic (exact) mass is 471 g/mol. The molecule has 0 saturated heterocycles. The minimum atomic E-state index is -0.869. The summed E-state index contributed by atoms with van der Waals surface area (Å²) in [6.07, 6.45) is 2.79. The molecule has 1 atom stereocenters. The fraction of sp³-hybridized carbons (Fsp3) is 0.121. The van der Waals surface area contributed by atoms with Crippen molar-refractivity contribution in [3.63, 3.8) is 0 Å². The molecule has 1 aliphatic heterocycles. The zero-order valence-electron chi connectivity index (χ0n) is 20.3. The Labute approximate surface area is 212 Å². The Morgan fingerprint density at radius 3 is 1.58 bits per heavy atom. The van der Waals surface area contributed by atoms with Gasteiger partial charge in [0.1, 0.15) is 5.76 Å². The molecule has 178 valence electrons. The van der Waals surface area contributed by atoms with Crippen LogP contribution in [0.3, 0.4) is 0 Å². The van der Waals surface area contributed by atoms with Gasteiger partial charge in [0.2, 0.25) is 5.91 Å². The number of hydrogen-bond donors (Lipinski definition) is 1. The molecule has 1 amide bonds. The second kappa shape index (κ2) is 10.1. The first-order valence-electron chi connectivity index (χ1n) is 12.2. The number of benzene rings is 4. The maximum Gasteiger partial charge on any atom is 0.248 e. The van der Waals surface area contributed by atoms with Gasteiger partial charge in [-0.05, 0) is 30.0 Å². The van der Waals surface area contributed by atoms with Crippen molar-refractivity contribution in [2.24, 2.45) is 11.7 Å². The van der Waals surface area contributed by atoms with Crippen LogP contribution in [0.15, 0.2) is 139 Å². The number of carbonyl (C=O) groups is 1. The van der Waals surface area contributed by atoms with Gasteiger partial charge in [0.15, 0.2) is 5.60 Å². The van der Waals surface area contributed by atoms with Crippen LogP contribution in [0.2, 0.25) is 0 Å². The van der Waals surface area contributed by atoms with E-state index in [4.69, 9.17) is 10.5 Å². The van der Waals surface area contributed by atoms with Crippen LogP contribution in [0.1, 0.15) is 35.6 Å². The summed E-state index contributed by atoms with van der Waals surface area (Å²) in [4.78, 5) is 12.8. The van der Waals surface area contributed by atoms with Gasteiger partial charge in [-0.1, -0.05) is 127 Å². The largest absolute Gasteiger partial charge is 0.481 e. The van der Waals surface area contributed by atoms with Crippen LogP contribution in [0.25, 0.3) is 5.57 Å². The number of ether oxygens (including phenoxy) is 1. The van der Waals surface area contributed by atoms with Crippen molar-refractivity contribution in [3.8, 4) is 0 Å². The third-order valence-electron chi connectivity index (χ3n) is 6.93. The average molecular weight is 472 g/mol. The smallest absolute Gasteiger partial charge is 0.248 e. The summed E-state index contributed by atoms with van der Waals surface area (Å²) in [7, 11) is 0. The Morgan fingerprint density at radius 2 is 1.17 bits per heavy atom. The van der Waals surface area contributed by atoms with Crippen molar-refractivity contribution in [2.75, 3.05) is 0 Å². The van der Waals surface area contributed by atoms with Gasteiger partial charge in [0.25, 0.3) is 0 Å². The number of primary amides is 1. The van der Waals surface area contributed by atoms with Gasteiger partial charge in [-0.15, -0.1) is 0 Å². The number of allylic oxidation sites excluding steroid dienone is 2. The molecule has 1 heterocycles. The maximum absolute atomic E-state index is 12.8. The minimum absolute atomic E-state index is 0.303. The molecule has 36 heavy (non-hydrogen) atoms. The number of rotatable bonds is 7. The van der Waals surface area contributed by atoms with Crippen LogP contribution < -0.4 is 5.73 Å². The summed E-state index contributed by atoms with van der Waals surface area (Å²) in [5, 5.41) is 0. The van der Waals surface area contributed by atoms with Crippen molar-refractivity contribution in [2.45, 2.75) is 18.9 Å². The van der Waals surface area contributed by atoms with Gasteiger partial charge in [-0.2, -0.15) is 0 Å². The molecule has 0 aliphatic carbocycles. The van der Waals surface area contributed by atoms with Gasteiger partial charge in [-0.25, -0.2) is 0 Å². The van der Waals surface area contributed by atoms with Gasteiger partial charge < -0.3 is 10.5 Å². The predicted octanol–water partition coefficient (Wildman–Crippen LogP) is 6.86. The SMILES string of the molecule is CC1=C(C(N)=O)C(CC=C(c2ccccc2)c2ccccc2)C(c2ccccc2)(c2ccccc2)O1. The minimum Gasteiger partial charge on any atom is -0.481 e. The highest BCUT2D eigenvalue weighted by atomic mass is 16.5. The summed E-state index contributed by atoms with van der Waals surface area (Å²) < 4.78 is 6.70. The topological polar surface area (TPSA) is 52.3 Å². The van der Waals surface area contributed by atoms with Crippen LogP contribution >= 0.6 is 0 Å². The first kappa shape index (κ1) is 23.4. The van der Waals surface area contributed by atoms with E-state index < -0.39 is 11.5 Å². The third-order valence-corrected chi connectivity index (χ3v) is 6.93. The van der Waals surface area contributed by atoms with Crippen LogP contribution in [0.4, 0.5) is 0 Å². The van der Waals surface area contributed by atoms with Crippen molar-refractivity contribution in [3.05, 3.63) is 161 Å². The number of carbonyl (C=O) groups excluding carboxylic acids is 1. The third kappa shape index (κ3) is 4.25. The fourth-order valence-corrected chi connectivity index (χ4v) is 5.38. The van der Waals surface area contributed by atoms with E-state index in [0.717, 1.165) is 27.8 Å². The number of amides is 1. The second-order valence-electron chi connectivity index (χ2n) is 9.04. The van der Waals surface area contributed by atoms with Crippen molar-refractivity contribution in [1.82, 2.24) is 0 Å². The molecule has 0 bridgehead atoms. The second-order valence-corrected chi connectivity index (χ2v) is 9.04. The molecule has 1 unspecified atom stereocenters. The Bertz CT molecular complexity index is 1310. The van der Waals surface area contributed by atoms with E-state index in [1.165, 1.54) is 0 Å². The van der Waals surface area contributed by atoms with Crippen LogP contribution in [-0.2, 0) is 15.1 Å². The molecule has 3 nitrogen and oxygen atoms in total. The summed E-state index contributed by atoms with van der Waals surface area (Å²) >= 11 is 0. The molecular weight excluding hydrogens is 442 g/mol. The summed E-state index contributed by atoms with van der Waals surface area (Å²) in [6, 6.07) is 40.9. The Hall–Kier alpha value is -4.37. The zero-order valence-corrected chi connectivity index (χ0v) is 20.3. The lowest BCUT2D eigenvalue weighted by Gasteiger charge is -2.36.